The van der Waals surface area contributed by atoms with E-state index in [1.807, 2.05) is 54.6 Å². The van der Waals surface area contributed by atoms with Gasteiger partial charge in [0, 0.05) is 5.56 Å². The monoisotopic (exact) mass is 318 g/mol. The highest BCUT2D eigenvalue weighted by Gasteiger charge is 2.09. The molecule has 0 aliphatic heterocycles. The summed E-state index contributed by atoms with van der Waals surface area (Å²) in [4.78, 5) is 0. The van der Waals surface area contributed by atoms with E-state index in [0.29, 0.717) is 5.75 Å². The minimum atomic E-state index is 0. The molecule has 0 aromatic heterocycles. The summed E-state index contributed by atoms with van der Waals surface area (Å²) in [5, 5.41) is 10.0. The van der Waals surface area contributed by atoms with Crippen molar-refractivity contribution >= 4 is 24.8 Å². The maximum atomic E-state index is 10.0. The van der Waals surface area contributed by atoms with Crippen LogP contribution in [0.3, 0.4) is 0 Å². The molecular formula is C18H16Cl2O. The van der Waals surface area contributed by atoms with Crippen LogP contribution in [0.1, 0.15) is 0 Å². The molecule has 108 valence electrons. The standard InChI is InChI=1S/C18H14O.2ClH/c19-18-13-7-6-12-17(18)16-11-5-4-10-15(16)14-8-2-1-3-9-14;;/h1-13,19H;2*1H. The van der Waals surface area contributed by atoms with Crippen LogP contribution in [0.2, 0.25) is 0 Å². The van der Waals surface area contributed by atoms with Crippen molar-refractivity contribution < 1.29 is 5.11 Å². The predicted molar refractivity (Wildman–Crippen MR) is 93.5 cm³/mol. The van der Waals surface area contributed by atoms with E-state index in [1.165, 1.54) is 0 Å². The summed E-state index contributed by atoms with van der Waals surface area (Å²) in [5.41, 5.74) is 4.19. The van der Waals surface area contributed by atoms with Crippen molar-refractivity contribution in [2.45, 2.75) is 0 Å². The Morgan fingerprint density at radius 2 is 0.952 bits per heavy atom. The zero-order valence-corrected chi connectivity index (χ0v) is 12.9. The second-order valence-electron chi connectivity index (χ2n) is 4.43. The molecule has 3 aromatic carbocycles. The average molecular weight is 319 g/mol. The van der Waals surface area contributed by atoms with Gasteiger partial charge in [-0.2, -0.15) is 0 Å². The van der Waals surface area contributed by atoms with E-state index in [9.17, 15) is 5.11 Å². The number of phenols is 1. The molecule has 0 fully saturated rings. The number of benzene rings is 3. The minimum absolute atomic E-state index is 0. The zero-order valence-electron chi connectivity index (χ0n) is 11.3. The first-order chi connectivity index (χ1) is 9.36. The van der Waals surface area contributed by atoms with Gasteiger partial charge in [-0.25, -0.2) is 0 Å². The second kappa shape index (κ2) is 7.72. The molecule has 0 bridgehead atoms. The molecule has 3 rings (SSSR count). The minimum Gasteiger partial charge on any atom is -0.507 e. The van der Waals surface area contributed by atoms with Crippen molar-refractivity contribution in [1.82, 2.24) is 0 Å². The van der Waals surface area contributed by atoms with Gasteiger partial charge in [-0.15, -0.1) is 24.8 Å². The molecule has 1 nitrogen and oxygen atoms in total. The van der Waals surface area contributed by atoms with Crippen LogP contribution in [0.4, 0.5) is 0 Å². The van der Waals surface area contributed by atoms with Crippen LogP contribution in [-0.2, 0) is 0 Å². The van der Waals surface area contributed by atoms with Gasteiger partial charge in [0.15, 0.2) is 0 Å². The second-order valence-corrected chi connectivity index (χ2v) is 4.43. The number of phenolic OH excluding ortho intramolecular Hbond substituents is 1. The third kappa shape index (κ3) is 3.57. The first-order valence-electron chi connectivity index (χ1n) is 6.29. The van der Waals surface area contributed by atoms with Gasteiger partial charge in [0.2, 0.25) is 0 Å². The van der Waals surface area contributed by atoms with Crippen molar-refractivity contribution in [3.8, 4) is 28.0 Å². The molecule has 21 heavy (non-hydrogen) atoms. The molecule has 0 spiro atoms. The van der Waals surface area contributed by atoms with Gasteiger partial charge < -0.3 is 5.11 Å². The quantitative estimate of drug-likeness (QED) is 0.655. The molecule has 0 unspecified atom stereocenters. The largest absolute Gasteiger partial charge is 0.507 e. The zero-order chi connectivity index (χ0) is 13.1. The maximum Gasteiger partial charge on any atom is 0.123 e. The van der Waals surface area contributed by atoms with Crippen LogP contribution >= 0.6 is 24.8 Å². The van der Waals surface area contributed by atoms with E-state index in [1.54, 1.807) is 6.07 Å². The SMILES string of the molecule is Cl.Cl.Oc1ccccc1-c1ccccc1-c1ccccc1. The van der Waals surface area contributed by atoms with Crippen LogP contribution in [0, 0.1) is 0 Å². The molecule has 0 radical (unpaired) electrons. The fourth-order valence-corrected chi connectivity index (χ4v) is 2.29. The Kier molecular flexibility index (Phi) is 6.29. The van der Waals surface area contributed by atoms with E-state index < -0.39 is 0 Å². The highest BCUT2D eigenvalue weighted by molar-refractivity contribution is 5.86. The van der Waals surface area contributed by atoms with E-state index in [0.717, 1.165) is 22.3 Å². The van der Waals surface area contributed by atoms with E-state index >= 15 is 0 Å². The number of para-hydroxylation sites is 1. The summed E-state index contributed by atoms with van der Waals surface area (Å²) in [6.07, 6.45) is 0. The molecule has 0 aliphatic rings. The molecule has 0 heterocycles. The van der Waals surface area contributed by atoms with E-state index in [-0.39, 0.29) is 24.8 Å². The lowest BCUT2D eigenvalue weighted by atomic mass is 9.94. The van der Waals surface area contributed by atoms with Crippen molar-refractivity contribution in [3.05, 3.63) is 78.9 Å². The normalized spacial score (nSPS) is 9.33. The summed E-state index contributed by atoms with van der Waals surface area (Å²) in [7, 11) is 0. The van der Waals surface area contributed by atoms with E-state index in [2.05, 4.69) is 18.2 Å². The molecule has 0 saturated heterocycles. The van der Waals surface area contributed by atoms with Crippen molar-refractivity contribution in [2.75, 3.05) is 0 Å². The third-order valence-electron chi connectivity index (χ3n) is 3.21. The van der Waals surface area contributed by atoms with Gasteiger partial charge in [-0.1, -0.05) is 72.8 Å². The predicted octanol–water partition coefficient (Wildman–Crippen LogP) is 5.57. The smallest absolute Gasteiger partial charge is 0.123 e. The van der Waals surface area contributed by atoms with Gasteiger partial charge >= 0.3 is 0 Å². The van der Waals surface area contributed by atoms with Crippen molar-refractivity contribution in [2.24, 2.45) is 0 Å². The lowest BCUT2D eigenvalue weighted by Crippen LogP contribution is -1.85. The number of rotatable bonds is 2. The summed E-state index contributed by atoms with van der Waals surface area (Å²) in [6, 6.07) is 25.8. The van der Waals surface area contributed by atoms with Crippen LogP contribution in [0.5, 0.6) is 5.75 Å². The Hall–Kier alpha value is -1.96. The summed E-state index contributed by atoms with van der Waals surface area (Å²) >= 11 is 0. The Labute approximate surface area is 137 Å². The molecular weight excluding hydrogens is 303 g/mol. The number of aromatic hydroxyl groups is 1. The average Bonchev–Trinajstić information content (AvgIpc) is 2.49. The molecule has 0 amide bonds. The Balaban J connectivity index is 0.00000110. The lowest BCUT2D eigenvalue weighted by molar-refractivity contribution is 0.477. The topological polar surface area (TPSA) is 20.2 Å². The fraction of sp³-hybridized carbons (Fsp3) is 0. The molecule has 3 heteroatoms. The van der Waals surface area contributed by atoms with Gasteiger partial charge in [-0.05, 0) is 22.8 Å². The molecule has 0 atom stereocenters. The third-order valence-corrected chi connectivity index (χ3v) is 3.21. The maximum absolute atomic E-state index is 10.0. The summed E-state index contributed by atoms with van der Waals surface area (Å²) < 4.78 is 0. The van der Waals surface area contributed by atoms with Crippen molar-refractivity contribution in [1.29, 1.82) is 0 Å². The van der Waals surface area contributed by atoms with Crippen LogP contribution in [-0.4, -0.2) is 5.11 Å². The van der Waals surface area contributed by atoms with Gasteiger partial charge in [0.25, 0.3) is 0 Å². The van der Waals surface area contributed by atoms with Gasteiger partial charge in [-0.3, -0.25) is 0 Å². The Bertz CT molecular complexity index is 696. The van der Waals surface area contributed by atoms with Crippen LogP contribution < -0.4 is 0 Å². The fourth-order valence-electron chi connectivity index (χ4n) is 2.29. The van der Waals surface area contributed by atoms with Gasteiger partial charge in [0.1, 0.15) is 5.75 Å². The Morgan fingerprint density at radius 1 is 0.476 bits per heavy atom. The van der Waals surface area contributed by atoms with Crippen LogP contribution in [0.15, 0.2) is 78.9 Å². The first-order valence-corrected chi connectivity index (χ1v) is 6.29. The highest BCUT2D eigenvalue weighted by atomic mass is 35.5. The summed E-state index contributed by atoms with van der Waals surface area (Å²) in [6.45, 7) is 0. The number of halogens is 2. The molecule has 1 N–H and O–H groups in total. The Morgan fingerprint density at radius 3 is 1.57 bits per heavy atom. The molecule has 0 saturated carbocycles. The highest BCUT2D eigenvalue weighted by Crippen LogP contribution is 2.36. The van der Waals surface area contributed by atoms with E-state index in [4.69, 9.17) is 0 Å². The van der Waals surface area contributed by atoms with Gasteiger partial charge in [0.05, 0.1) is 0 Å². The first kappa shape index (κ1) is 17.1. The number of hydrogen-bond donors (Lipinski definition) is 1. The lowest BCUT2D eigenvalue weighted by Gasteiger charge is -2.11. The molecule has 0 aliphatic carbocycles. The van der Waals surface area contributed by atoms with Crippen LogP contribution in [0.25, 0.3) is 22.3 Å². The van der Waals surface area contributed by atoms with Crippen molar-refractivity contribution in [3.63, 3.8) is 0 Å². The number of hydrogen-bond acceptors (Lipinski definition) is 1. The molecule has 3 aromatic rings. The summed E-state index contributed by atoms with van der Waals surface area (Å²) in [5.74, 6) is 0.311.